The maximum absolute atomic E-state index is 5.47. The second-order valence-corrected chi connectivity index (χ2v) is 5.11. The molecule has 5 heteroatoms. The van der Waals surface area contributed by atoms with Crippen LogP contribution in [0.25, 0.3) is 0 Å². The smallest absolute Gasteiger partial charge is 0.183 e. The van der Waals surface area contributed by atoms with Crippen molar-refractivity contribution in [3.05, 3.63) is 18.0 Å². The topological polar surface area (TPSA) is 46.6 Å². The van der Waals surface area contributed by atoms with Crippen LogP contribution in [0.15, 0.2) is 12.3 Å². The number of rotatable bonds is 6. The van der Waals surface area contributed by atoms with Gasteiger partial charge in [-0.15, -0.1) is 0 Å². The van der Waals surface area contributed by atoms with Crippen LogP contribution in [0.5, 0.6) is 11.5 Å². The summed E-state index contributed by atoms with van der Waals surface area (Å²) in [4.78, 5) is 6.97. The van der Waals surface area contributed by atoms with Crippen LogP contribution < -0.4 is 14.8 Å². The average molecular weight is 279 g/mol. The second-order valence-electron chi connectivity index (χ2n) is 5.11. The second kappa shape index (κ2) is 7.45. The van der Waals surface area contributed by atoms with Crippen molar-refractivity contribution in [2.75, 3.05) is 33.9 Å². The van der Waals surface area contributed by atoms with Crippen LogP contribution in [-0.2, 0) is 6.54 Å². The van der Waals surface area contributed by atoms with E-state index in [2.05, 4.69) is 22.1 Å². The summed E-state index contributed by atoms with van der Waals surface area (Å²) in [5, 5.41) is 3.47. The van der Waals surface area contributed by atoms with Gasteiger partial charge in [-0.1, -0.05) is 13.3 Å². The van der Waals surface area contributed by atoms with Gasteiger partial charge in [-0.2, -0.15) is 0 Å². The Labute approximate surface area is 121 Å². The molecule has 1 N–H and O–H groups in total. The molecule has 2 rings (SSSR count). The van der Waals surface area contributed by atoms with Crippen molar-refractivity contribution < 1.29 is 9.47 Å². The summed E-state index contributed by atoms with van der Waals surface area (Å²) in [6.45, 7) is 6.18. The molecule has 1 aromatic heterocycles. The van der Waals surface area contributed by atoms with Crippen molar-refractivity contribution >= 4 is 0 Å². The summed E-state index contributed by atoms with van der Waals surface area (Å²) in [6.07, 6.45) is 4.19. The van der Waals surface area contributed by atoms with Gasteiger partial charge in [0.15, 0.2) is 11.5 Å². The number of hydrogen-bond donors (Lipinski definition) is 1. The van der Waals surface area contributed by atoms with Crippen molar-refractivity contribution in [3.63, 3.8) is 0 Å². The van der Waals surface area contributed by atoms with Crippen molar-refractivity contribution in [2.24, 2.45) is 0 Å². The predicted molar refractivity (Wildman–Crippen MR) is 79.3 cm³/mol. The Bertz CT molecular complexity index is 424. The Hall–Kier alpha value is -1.33. The third kappa shape index (κ3) is 3.41. The minimum atomic E-state index is 0.575. The van der Waals surface area contributed by atoms with Gasteiger partial charge in [0, 0.05) is 44.5 Å². The van der Waals surface area contributed by atoms with Crippen LogP contribution in [-0.4, -0.2) is 49.8 Å². The van der Waals surface area contributed by atoms with E-state index >= 15 is 0 Å². The lowest BCUT2D eigenvalue weighted by Crippen LogP contribution is -2.50. The molecule has 0 saturated carbocycles. The van der Waals surface area contributed by atoms with Gasteiger partial charge in [-0.25, -0.2) is 0 Å². The van der Waals surface area contributed by atoms with Crippen LogP contribution in [0.4, 0.5) is 0 Å². The fraction of sp³-hybridized carbons (Fsp3) is 0.667. The molecule has 0 aromatic carbocycles. The van der Waals surface area contributed by atoms with Crippen molar-refractivity contribution in [1.29, 1.82) is 0 Å². The zero-order valence-corrected chi connectivity index (χ0v) is 12.7. The SMILES string of the molecule is CCCC1CNCCN1Cc1nccc(OC)c1OC. The third-order valence-electron chi connectivity index (χ3n) is 3.81. The van der Waals surface area contributed by atoms with Gasteiger partial charge in [0.1, 0.15) is 5.69 Å². The Kier molecular flexibility index (Phi) is 5.61. The van der Waals surface area contributed by atoms with Crippen LogP contribution in [0.3, 0.4) is 0 Å². The maximum Gasteiger partial charge on any atom is 0.183 e. The van der Waals surface area contributed by atoms with E-state index in [1.165, 1.54) is 12.8 Å². The molecule has 5 nitrogen and oxygen atoms in total. The normalized spacial score (nSPS) is 19.9. The molecule has 0 aliphatic carbocycles. The molecule has 1 aromatic rings. The molecule has 0 bridgehead atoms. The lowest BCUT2D eigenvalue weighted by atomic mass is 10.1. The first-order valence-electron chi connectivity index (χ1n) is 7.30. The largest absolute Gasteiger partial charge is 0.493 e. The van der Waals surface area contributed by atoms with E-state index in [9.17, 15) is 0 Å². The van der Waals surface area contributed by atoms with Crippen molar-refractivity contribution in [3.8, 4) is 11.5 Å². The quantitative estimate of drug-likeness (QED) is 0.858. The average Bonchev–Trinajstić information content (AvgIpc) is 2.49. The van der Waals surface area contributed by atoms with Gasteiger partial charge in [-0.3, -0.25) is 9.88 Å². The highest BCUT2D eigenvalue weighted by molar-refractivity contribution is 5.42. The van der Waals surface area contributed by atoms with Gasteiger partial charge in [0.25, 0.3) is 0 Å². The summed E-state index contributed by atoms with van der Waals surface area (Å²) in [5.74, 6) is 1.50. The number of hydrogen-bond acceptors (Lipinski definition) is 5. The van der Waals surface area contributed by atoms with Crippen LogP contribution in [0.2, 0.25) is 0 Å². The number of piperazine rings is 1. The molecule has 1 unspecified atom stereocenters. The minimum absolute atomic E-state index is 0.575. The Morgan fingerprint density at radius 2 is 2.25 bits per heavy atom. The predicted octanol–water partition coefficient (Wildman–Crippen LogP) is 1.67. The first kappa shape index (κ1) is 15.1. The van der Waals surface area contributed by atoms with Crippen LogP contribution >= 0.6 is 0 Å². The molecule has 0 radical (unpaired) electrons. The van der Waals surface area contributed by atoms with E-state index in [4.69, 9.17) is 9.47 Å². The molecule has 1 atom stereocenters. The zero-order chi connectivity index (χ0) is 14.4. The standard InChI is InChI=1S/C15H25N3O2/c1-4-5-12-10-16-8-9-18(12)11-13-15(20-3)14(19-2)6-7-17-13/h6-7,12,16H,4-5,8-11H2,1-3H3. The van der Waals surface area contributed by atoms with E-state index in [1.54, 1.807) is 20.4 Å². The number of ether oxygens (including phenoxy) is 2. The lowest BCUT2D eigenvalue weighted by molar-refractivity contribution is 0.141. The summed E-state index contributed by atoms with van der Waals surface area (Å²) in [5.41, 5.74) is 0.954. The number of nitrogens with one attached hydrogen (secondary N) is 1. The van der Waals surface area contributed by atoms with E-state index in [-0.39, 0.29) is 0 Å². The maximum atomic E-state index is 5.47. The summed E-state index contributed by atoms with van der Waals surface area (Å²) in [6, 6.07) is 2.41. The number of aromatic nitrogens is 1. The van der Waals surface area contributed by atoms with Gasteiger partial charge in [0.05, 0.1) is 14.2 Å². The molecule has 112 valence electrons. The van der Waals surface area contributed by atoms with Gasteiger partial charge in [0.2, 0.25) is 0 Å². The van der Waals surface area contributed by atoms with E-state index in [0.717, 1.165) is 43.4 Å². The van der Waals surface area contributed by atoms with Gasteiger partial charge >= 0.3 is 0 Å². The molecule has 0 amide bonds. The van der Waals surface area contributed by atoms with E-state index in [1.807, 2.05) is 6.07 Å². The number of nitrogens with zero attached hydrogens (tertiary/aromatic N) is 2. The monoisotopic (exact) mass is 279 g/mol. The molecular weight excluding hydrogens is 254 g/mol. The molecule has 20 heavy (non-hydrogen) atoms. The fourth-order valence-corrected chi connectivity index (χ4v) is 2.78. The Morgan fingerprint density at radius 1 is 1.40 bits per heavy atom. The summed E-state index contributed by atoms with van der Waals surface area (Å²) in [7, 11) is 3.33. The highest BCUT2D eigenvalue weighted by Gasteiger charge is 2.23. The van der Waals surface area contributed by atoms with E-state index in [0.29, 0.717) is 6.04 Å². The number of pyridine rings is 1. The minimum Gasteiger partial charge on any atom is -0.493 e. The van der Waals surface area contributed by atoms with E-state index < -0.39 is 0 Å². The molecule has 1 aliphatic rings. The zero-order valence-electron chi connectivity index (χ0n) is 12.7. The number of methoxy groups -OCH3 is 2. The molecule has 1 saturated heterocycles. The summed E-state index contributed by atoms with van der Waals surface area (Å²) < 4.78 is 10.8. The fourth-order valence-electron chi connectivity index (χ4n) is 2.78. The van der Waals surface area contributed by atoms with Gasteiger partial charge in [-0.05, 0) is 6.42 Å². The first-order chi connectivity index (χ1) is 9.80. The lowest BCUT2D eigenvalue weighted by Gasteiger charge is -2.36. The third-order valence-corrected chi connectivity index (χ3v) is 3.81. The molecular formula is C15H25N3O2. The van der Waals surface area contributed by atoms with Crippen molar-refractivity contribution in [1.82, 2.24) is 15.2 Å². The Morgan fingerprint density at radius 3 is 2.95 bits per heavy atom. The first-order valence-corrected chi connectivity index (χ1v) is 7.30. The van der Waals surface area contributed by atoms with Crippen LogP contribution in [0.1, 0.15) is 25.5 Å². The highest BCUT2D eigenvalue weighted by Crippen LogP contribution is 2.30. The Balaban J connectivity index is 2.15. The summed E-state index contributed by atoms with van der Waals surface area (Å²) >= 11 is 0. The molecule has 0 spiro atoms. The molecule has 2 heterocycles. The molecule has 1 fully saturated rings. The van der Waals surface area contributed by atoms with Crippen molar-refractivity contribution in [2.45, 2.75) is 32.4 Å². The van der Waals surface area contributed by atoms with Gasteiger partial charge < -0.3 is 14.8 Å². The van der Waals surface area contributed by atoms with Crippen LogP contribution in [0, 0.1) is 0 Å². The molecule has 1 aliphatic heterocycles. The highest BCUT2D eigenvalue weighted by atomic mass is 16.5.